The van der Waals surface area contributed by atoms with E-state index in [1.165, 1.54) is 6.07 Å². The average molecular weight is 311 g/mol. The minimum Gasteiger partial charge on any atom is -0.369 e. The molecule has 4 nitrogen and oxygen atoms in total. The van der Waals surface area contributed by atoms with Crippen molar-refractivity contribution < 1.29 is 4.39 Å². The Kier molecular flexibility index (Phi) is 3.86. The smallest absolute Gasteiger partial charge is 0.180 e. The molecule has 0 fully saturated rings. The summed E-state index contributed by atoms with van der Waals surface area (Å²) in [5.74, 6) is 0.817. The lowest BCUT2D eigenvalue weighted by Crippen LogP contribution is -2.05. The quantitative estimate of drug-likeness (QED) is 0.946. The zero-order valence-corrected chi connectivity index (χ0v) is 11.6. The lowest BCUT2D eigenvalue weighted by atomic mass is 10.3. The second-order valence-corrected chi connectivity index (χ2v) is 4.48. The van der Waals surface area contributed by atoms with Gasteiger partial charge in [-0.25, -0.2) is 19.3 Å². The first-order valence-electron chi connectivity index (χ1n) is 5.51. The molecule has 0 aromatic carbocycles. The fourth-order valence-electron chi connectivity index (χ4n) is 1.47. The van der Waals surface area contributed by atoms with Gasteiger partial charge in [0.1, 0.15) is 17.3 Å². The monoisotopic (exact) mass is 310 g/mol. The van der Waals surface area contributed by atoms with E-state index in [1.54, 1.807) is 6.07 Å². The van der Waals surface area contributed by atoms with Crippen molar-refractivity contribution in [2.75, 3.05) is 11.9 Å². The Morgan fingerprint density at radius 2 is 2.11 bits per heavy atom. The Bertz CT molecular complexity index is 557. The molecule has 0 aliphatic carbocycles. The lowest BCUT2D eigenvalue weighted by molar-refractivity contribution is 0.621. The van der Waals surface area contributed by atoms with E-state index in [0.29, 0.717) is 17.3 Å². The average Bonchev–Trinajstić information content (AvgIpc) is 2.36. The van der Waals surface area contributed by atoms with Gasteiger partial charge in [-0.2, -0.15) is 0 Å². The Hall–Kier alpha value is -1.56. The molecule has 0 atom stereocenters. The molecular formula is C12H12BrFN4. The number of nitrogens with one attached hydrogen (secondary N) is 1. The van der Waals surface area contributed by atoms with Gasteiger partial charge in [-0.3, -0.25) is 0 Å². The SMILES string of the molecule is CCNc1nc(-c2ccc(F)cn2)nc(C)c1Br. The van der Waals surface area contributed by atoms with Gasteiger partial charge in [0.15, 0.2) is 5.82 Å². The van der Waals surface area contributed by atoms with E-state index >= 15 is 0 Å². The van der Waals surface area contributed by atoms with Crippen LogP contribution in [0.1, 0.15) is 12.6 Å². The van der Waals surface area contributed by atoms with Crippen molar-refractivity contribution in [3.63, 3.8) is 0 Å². The summed E-state index contributed by atoms with van der Waals surface area (Å²) in [7, 11) is 0. The number of rotatable bonds is 3. The van der Waals surface area contributed by atoms with E-state index in [0.717, 1.165) is 22.9 Å². The Labute approximate surface area is 113 Å². The molecule has 0 unspecified atom stereocenters. The van der Waals surface area contributed by atoms with E-state index in [4.69, 9.17) is 0 Å². The van der Waals surface area contributed by atoms with Gasteiger partial charge < -0.3 is 5.32 Å². The van der Waals surface area contributed by atoms with Crippen LogP contribution in [0.2, 0.25) is 0 Å². The molecule has 18 heavy (non-hydrogen) atoms. The molecule has 6 heteroatoms. The number of halogens is 2. The molecule has 0 spiro atoms. The molecule has 0 aliphatic heterocycles. The van der Waals surface area contributed by atoms with Crippen molar-refractivity contribution >= 4 is 21.7 Å². The summed E-state index contributed by atoms with van der Waals surface area (Å²) in [6, 6.07) is 2.91. The van der Waals surface area contributed by atoms with Gasteiger partial charge in [-0.1, -0.05) is 0 Å². The fraction of sp³-hybridized carbons (Fsp3) is 0.250. The van der Waals surface area contributed by atoms with Gasteiger partial charge in [-0.15, -0.1) is 0 Å². The third-order valence-electron chi connectivity index (χ3n) is 2.32. The second-order valence-electron chi connectivity index (χ2n) is 3.69. The molecule has 0 amide bonds. The molecule has 0 aliphatic rings. The van der Waals surface area contributed by atoms with Crippen molar-refractivity contribution in [1.29, 1.82) is 0 Å². The first kappa shape index (κ1) is 12.9. The largest absolute Gasteiger partial charge is 0.369 e. The molecule has 94 valence electrons. The summed E-state index contributed by atoms with van der Waals surface area (Å²) in [6.07, 6.45) is 1.16. The molecule has 0 bridgehead atoms. The highest BCUT2D eigenvalue weighted by atomic mass is 79.9. The predicted octanol–water partition coefficient (Wildman–Crippen LogP) is 3.18. The van der Waals surface area contributed by atoms with Gasteiger partial charge in [0.05, 0.1) is 16.4 Å². The van der Waals surface area contributed by atoms with Gasteiger partial charge in [0.2, 0.25) is 0 Å². The molecule has 1 N–H and O–H groups in total. The number of anilines is 1. The number of nitrogens with zero attached hydrogens (tertiary/aromatic N) is 3. The van der Waals surface area contributed by atoms with Gasteiger partial charge in [-0.05, 0) is 41.9 Å². The molecule has 2 aromatic rings. The molecule has 2 rings (SSSR count). The molecule has 0 saturated heterocycles. The van der Waals surface area contributed by atoms with Crippen molar-refractivity contribution in [2.24, 2.45) is 0 Å². The van der Waals surface area contributed by atoms with Crippen LogP contribution < -0.4 is 5.32 Å². The molecule has 2 heterocycles. The molecule has 0 radical (unpaired) electrons. The first-order valence-corrected chi connectivity index (χ1v) is 6.31. The summed E-state index contributed by atoms with van der Waals surface area (Å²) in [5, 5.41) is 3.14. The van der Waals surface area contributed by atoms with Crippen LogP contribution in [0.15, 0.2) is 22.8 Å². The minimum atomic E-state index is -0.375. The van der Waals surface area contributed by atoms with Crippen LogP contribution in [0.3, 0.4) is 0 Å². The van der Waals surface area contributed by atoms with Crippen LogP contribution >= 0.6 is 15.9 Å². The van der Waals surface area contributed by atoms with E-state index < -0.39 is 0 Å². The standard InChI is InChI=1S/C12H12BrFN4/c1-3-15-12-10(13)7(2)17-11(18-12)9-5-4-8(14)6-16-9/h4-6H,3H2,1-2H3,(H,15,17,18). The number of aryl methyl sites for hydroxylation is 1. The van der Waals surface area contributed by atoms with Crippen molar-refractivity contribution in [3.05, 3.63) is 34.3 Å². The Morgan fingerprint density at radius 3 is 2.72 bits per heavy atom. The van der Waals surface area contributed by atoms with Gasteiger partial charge >= 0.3 is 0 Å². The highest BCUT2D eigenvalue weighted by Gasteiger charge is 2.11. The first-order chi connectivity index (χ1) is 8.61. The minimum absolute atomic E-state index is 0.375. The van der Waals surface area contributed by atoms with Crippen LogP contribution in [0, 0.1) is 12.7 Å². The van der Waals surface area contributed by atoms with E-state index in [2.05, 4.69) is 36.2 Å². The van der Waals surface area contributed by atoms with E-state index in [-0.39, 0.29) is 5.82 Å². The maximum Gasteiger partial charge on any atom is 0.180 e. The van der Waals surface area contributed by atoms with E-state index in [9.17, 15) is 4.39 Å². The van der Waals surface area contributed by atoms with Crippen molar-refractivity contribution in [2.45, 2.75) is 13.8 Å². The fourth-order valence-corrected chi connectivity index (χ4v) is 1.78. The van der Waals surface area contributed by atoms with Gasteiger partial charge in [0, 0.05) is 6.54 Å². The van der Waals surface area contributed by atoms with Crippen LogP contribution in [-0.4, -0.2) is 21.5 Å². The number of hydrogen-bond donors (Lipinski definition) is 1. The predicted molar refractivity (Wildman–Crippen MR) is 71.8 cm³/mol. The third-order valence-corrected chi connectivity index (χ3v) is 3.27. The van der Waals surface area contributed by atoms with Crippen molar-refractivity contribution in [3.8, 4) is 11.5 Å². The molecule has 2 aromatic heterocycles. The zero-order chi connectivity index (χ0) is 13.1. The summed E-state index contributed by atoms with van der Waals surface area (Å²) in [5.41, 5.74) is 1.35. The zero-order valence-electron chi connectivity index (χ0n) is 10.0. The van der Waals surface area contributed by atoms with E-state index in [1.807, 2.05) is 13.8 Å². The Morgan fingerprint density at radius 1 is 1.33 bits per heavy atom. The molecule has 0 saturated carbocycles. The lowest BCUT2D eigenvalue weighted by Gasteiger charge is -2.09. The normalized spacial score (nSPS) is 10.4. The summed E-state index contributed by atoms with van der Waals surface area (Å²) >= 11 is 3.43. The highest BCUT2D eigenvalue weighted by Crippen LogP contribution is 2.25. The number of hydrogen-bond acceptors (Lipinski definition) is 4. The second kappa shape index (κ2) is 5.39. The number of pyridine rings is 1. The van der Waals surface area contributed by atoms with Crippen molar-refractivity contribution in [1.82, 2.24) is 15.0 Å². The summed E-state index contributed by atoms with van der Waals surface area (Å²) in [6.45, 7) is 4.62. The van der Waals surface area contributed by atoms with Gasteiger partial charge in [0.25, 0.3) is 0 Å². The number of aromatic nitrogens is 3. The Balaban J connectivity index is 2.48. The maximum absolute atomic E-state index is 12.8. The topological polar surface area (TPSA) is 50.7 Å². The third kappa shape index (κ3) is 2.64. The summed E-state index contributed by atoms with van der Waals surface area (Å²) < 4.78 is 13.7. The molecular weight excluding hydrogens is 299 g/mol. The highest BCUT2D eigenvalue weighted by molar-refractivity contribution is 9.10. The van der Waals surface area contributed by atoms with Crippen LogP contribution in [0.4, 0.5) is 10.2 Å². The van der Waals surface area contributed by atoms with Crippen LogP contribution in [0.25, 0.3) is 11.5 Å². The van der Waals surface area contributed by atoms with Crippen LogP contribution in [0.5, 0.6) is 0 Å². The summed E-state index contributed by atoms with van der Waals surface area (Å²) in [4.78, 5) is 12.7. The van der Waals surface area contributed by atoms with Crippen LogP contribution in [-0.2, 0) is 0 Å². The maximum atomic E-state index is 12.8.